The zero-order valence-corrected chi connectivity index (χ0v) is 31.7. The molecular formula is C54H33N3O2. The molecule has 9 aromatic carbocycles. The van der Waals surface area contributed by atoms with Gasteiger partial charge in [0.15, 0.2) is 0 Å². The van der Waals surface area contributed by atoms with E-state index in [4.69, 9.17) is 8.83 Å². The summed E-state index contributed by atoms with van der Waals surface area (Å²) in [5, 5.41) is 8.78. The summed E-state index contributed by atoms with van der Waals surface area (Å²) >= 11 is 0. The van der Waals surface area contributed by atoms with Gasteiger partial charge in [-0.1, -0.05) is 109 Å². The summed E-state index contributed by atoms with van der Waals surface area (Å²) in [5.74, 6) is 0. The van der Waals surface area contributed by atoms with Crippen LogP contribution in [0.15, 0.2) is 209 Å². The van der Waals surface area contributed by atoms with Gasteiger partial charge in [-0.05, 0) is 91.0 Å². The number of fused-ring (bicyclic) bond motifs is 14. The van der Waals surface area contributed by atoms with Gasteiger partial charge in [0.05, 0.1) is 43.9 Å². The molecule has 5 nitrogen and oxygen atoms in total. The van der Waals surface area contributed by atoms with Crippen LogP contribution in [0, 0.1) is 0 Å². The van der Waals surface area contributed by atoms with Crippen LogP contribution in [0.2, 0.25) is 0 Å². The van der Waals surface area contributed by atoms with Gasteiger partial charge in [0.25, 0.3) is 0 Å². The number of hydrogen-bond donors (Lipinski definition) is 0. The summed E-state index contributed by atoms with van der Waals surface area (Å²) < 4.78 is 18.6. The lowest BCUT2D eigenvalue weighted by Crippen LogP contribution is -2.10. The van der Waals surface area contributed by atoms with Gasteiger partial charge in [0.1, 0.15) is 22.3 Å². The Balaban J connectivity index is 1.22. The minimum absolute atomic E-state index is 0.859. The number of nitrogens with zero attached hydrogens (tertiary/aromatic N) is 3. The van der Waals surface area contributed by atoms with Gasteiger partial charge in [-0.2, -0.15) is 0 Å². The lowest BCUT2D eigenvalue weighted by molar-refractivity contribution is 0.669. The molecule has 0 aliphatic heterocycles. The first kappa shape index (κ1) is 32.1. The third kappa shape index (κ3) is 4.55. The molecule has 0 aliphatic rings. The minimum atomic E-state index is 0.859. The number of hydrogen-bond acceptors (Lipinski definition) is 3. The van der Waals surface area contributed by atoms with Gasteiger partial charge < -0.3 is 22.9 Å². The van der Waals surface area contributed by atoms with Crippen LogP contribution in [0.25, 0.3) is 98.9 Å². The number of anilines is 3. The van der Waals surface area contributed by atoms with Crippen LogP contribution in [0.4, 0.5) is 17.1 Å². The Labute approximate surface area is 337 Å². The molecule has 0 atom stereocenters. The van der Waals surface area contributed by atoms with Crippen molar-refractivity contribution in [3.63, 3.8) is 0 Å². The van der Waals surface area contributed by atoms with Crippen LogP contribution in [-0.4, -0.2) is 9.13 Å². The van der Waals surface area contributed by atoms with E-state index < -0.39 is 0 Å². The fraction of sp³-hybridized carbons (Fsp3) is 0. The predicted molar refractivity (Wildman–Crippen MR) is 244 cm³/mol. The Hall–Kier alpha value is -8.02. The molecule has 4 heterocycles. The van der Waals surface area contributed by atoms with Gasteiger partial charge in [0, 0.05) is 49.7 Å². The molecule has 59 heavy (non-hydrogen) atoms. The zero-order chi connectivity index (χ0) is 38.6. The highest BCUT2D eigenvalue weighted by atomic mass is 16.3. The van der Waals surface area contributed by atoms with Gasteiger partial charge in [-0.3, -0.25) is 0 Å². The fourth-order valence-corrected chi connectivity index (χ4v) is 9.62. The quantitative estimate of drug-likeness (QED) is 0.176. The molecular weight excluding hydrogens is 723 g/mol. The molecule has 13 rings (SSSR count). The Bertz CT molecular complexity index is 3740. The molecule has 0 bridgehead atoms. The normalized spacial score (nSPS) is 12.1. The van der Waals surface area contributed by atoms with Crippen molar-refractivity contribution in [2.24, 2.45) is 0 Å². The third-order valence-corrected chi connectivity index (χ3v) is 12.1. The third-order valence-electron chi connectivity index (χ3n) is 12.1. The standard InChI is InChI=1S/C54H33N3O2/c1-4-16-34(17-5-1)55(35-18-6-2-7-19-35)46-33-47-51(40-24-11-14-26-44(40)57(47)37-28-31-49-42(32-37)38-22-12-15-27-48(38)58-49)54-52(46)41-29-30-45-50(53(41)59-54)39-23-10-13-25-43(39)56(45)36-20-8-3-9-21-36/h1-33H. The van der Waals surface area contributed by atoms with Gasteiger partial charge in [0.2, 0.25) is 0 Å². The molecule has 4 aromatic heterocycles. The van der Waals surface area contributed by atoms with Crippen molar-refractivity contribution >= 4 is 105 Å². The Morgan fingerprint density at radius 1 is 0.322 bits per heavy atom. The monoisotopic (exact) mass is 755 g/mol. The topological polar surface area (TPSA) is 39.4 Å². The average molecular weight is 756 g/mol. The van der Waals surface area contributed by atoms with Crippen LogP contribution in [-0.2, 0) is 0 Å². The van der Waals surface area contributed by atoms with Crippen molar-refractivity contribution in [3.8, 4) is 11.4 Å². The second kappa shape index (κ2) is 12.2. The largest absolute Gasteiger partial charge is 0.456 e. The van der Waals surface area contributed by atoms with Crippen molar-refractivity contribution in [2.45, 2.75) is 0 Å². The van der Waals surface area contributed by atoms with E-state index in [0.29, 0.717) is 0 Å². The molecule has 0 radical (unpaired) electrons. The number of furan rings is 2. The van der Waals surface area contributed by atoms with Crippen molar-refractivity contribution in [2.75, 3.05) is 4.90 Å². The van der Waals surface area contributed by atoms with E-state index in [9.17, 15) is 0 Å². The summed E-state index contributed by atoms with van der Waals surface area (Å²) in [6.07, 6.45) is 0. The molecule has 5 heteroatoms. The van der Waals surface area contributed by atoms with Crippen molar-refractivity contribution in [1.29, 1.82) is 0 Å². The lowest BCUT2D eigenvalue weighted by Gasteiger charge is -2.26. The second-order valence-electron chi connectivity index (χ2n) is 15.3. The van der Waals surface area contributed by atoms with E-state index in [1.54, 1.807) is 0 Å². The van der Waals surface area contributed by atoms with Gasteiger partial charge >= 0.3 is 0 Å². The SMILES string of the molecule is c1ccc(N(c2ccccc2)c2cc3c(c4ccccc4n3-c3ccc4oc5ccccc5c4c3)c3oc4c(ccc5c4c4ccccc4n5-c4ccccc4)c23)cc1. The Morgan fingerprint density at radius 3 is 1.58 bits per heavy atom. The maximum atomic E-state index is 7.50. The van der Waals surface area contributed by atoms with Crippen LogP contribution in [0.3, 0.4) is 0 Å². The highest BCUT2D eigenvalue weighted by Gasteiger charge is 2.28. The molecule has 276 valence electrons. The summed E-state index contributed by atoms with van der Waals surface area (Å²) in [5.41, 5.74) is 13.2. The highest BCUT2D eigenvalue weighted by Crippen LogP contribution is 2.51. The molecule has 0 spiro atoms. The average Bonchev–Trinajstić information content (AvgIpc) is 4.05. The van der Waals surface area contributed by atoms with Crippen molar-refractivity contribution in [1.82, 2.24) is 9.13 Å². The maximum Gasteiger partial charge on any atom is 0.147 e. The molecule has 0 aliphatic carbocycles. The summed E-state index contributed by atoms with van der Waals surface area (Å²) in [6, 6.07) is 71.1. The van der Waals surface area contributed by atoms with Crippen LogP contribution < -0.4 is 4.90 Å². The van der Waals surface area contributed by atoms with E-state index >= 15 is 0 Å². The van der Waals surface area contributed by atoms with Crippen molar-refractivity contribution < 1.29 is 8.83 Å². The molecule has 13 aromatic rings. The summed E-state index contributed by atoms with van der Waals surface area (Å²) in [7, 11) is 0. The van der Waals surface area contributed by atoms with E-state index in [0.717, 1.165) is 116 Å². The van der Waals surface area contributed by atoms with E-state index in [2.05, 4.69) is 202 Å². The zero-order valence-electron chi connectivity index (χ0n) is 31.7. The Kier molecular flexibility index (Phi) is 6.66. The fourth-order valence-electron chi connectivity index (χ4n) is 9.62. The van der Waals surface area contributed by atoms with Crippen LogP contribution in [0.1, 0.15) is 0 Å². The van der Waals surface area contributed by atoms with Crippen molar-refractivity contribution in [3.05, 3.63) is 200 Å². The van der Waals surface area contributed by atoms with Gasteiger partial charge in [-0.25, -0.2) is 0 Å². The summed E-state index contributed by atoms with van der Waals surface area (Å²) in [4.78, 5) is 2.38. The maximum absolute atomic E-state index is 7.50. The summed E-state index contributed by atoms with van der Waals surface area (Å²) in [6.45, 7) is 0. The number of para-hydroxylation sites is 6. The molecule has 0 N–H and O–H groups in total. The van der Waals surface area contributed by atoms with E-state index in [1.165, 1.54) is 0 Å². The number of benzene rings is 9. The Morgan fingerprint density at radius 2 is 0.881 bits per heavy atom. The highest BCUT2D eigenvalue weighted by molar-refractivity contribution is 6.32. The molecule has 0 saturated carbocycles. The van der Waals surface area contributed by atoms with Crippen LogP contribution in [0.5, 0.6) is 0 Å². The number of rotatable bonds is 5. The van der Waals surface area contributed by atoms with Crippen LogP contribution >= 0.6 is 0 Å². The van der Waals surface area contributed by atoms with Gasteiger partial charge in [-0.15, -0.1) is 0 Å². The molecule has 0 unspecified atom stereocenters. The first-order valence-corrected chi connectivity index (χ1v) is 20.0. The van der Waals surface area contributed by atoms with E-state index in [-0.39, 0.29) is 0 Å². The first-order chi connectivity index (χ1) is 29.3. The smallest absolute Gasteiger partial charge is 0.147 e. The molecule has 0 amide bonds. The number of aromatic nitrogens is 2. The van der Waals surface area contributed by atoms with E-state index in [1.807, 2.05) is 12.1 Å². The minimum Gasteiger partial charge on any atom is -0.456 e. The lowest BCUT2D eigenvalue weighted by atomic mass is 10.0. The first-order valence-electron chi connectivity index (χ1n) is 20.0. The molecule has 0 fully saturated rings. The molecule has 0 saturated heterocycles. The predicted octanol–water partition coefficient (Wildman–Crippen LogP) is 15.1. The second-order valence-corrected chi connectivity index (χ2v) is 15.3.